The molecule has 0 aromatic rings. The van der Waals surface area contributed by atoms with E-state index in [4.69, 9.17) is 5.73 Å². The van der Waals surface area contributed by atoms with Crippen molar-refractivity contribution in [2.24, 2.45) is 5.73 Å². The van der Waals surface area contributed by atoms with E-state index < -0.39 is 0 Å². The van der Waals surface area contributed by atoms with Crippen LogP contribution in [0.15, 0.2) is 0 Å². The maximum Gasteiger partial charge on any atom is 0.0688 e. The third kappa shape index (κ3) is 2.00. The molecule has 0 spiro atoms. The van der Waals surface area contributed by atoms with Gasteiger partial charge < -0.3 is 11.1 Å². The Morgan fingerprint density at radius 3 is 2.92 bits per heavy atom. The topological polar surface area (TPSA) is 65.3 Å². The molecule has 3 atom stereocenters. The summed E-state index contributed by atoms with van der Waals surface area (Å²) in [4.78, 5) is 0. The molecule has 2 rings (SSSR count). The smallest absolute Gasteiger partial charge is 0.0688 e. The zero-order chi connectivity index (χ0) is 9.26. The van der Waals surface area contributed by atoms with Gasteiger partial charge >= 0.3 is 0 Å². The van der Waals surface area contributed by atoms with E-state index in [9.17, 15) is 0 Å². The number of nitrogens with zero attached hydrogens (tertiary/aromatic N) is 1. The van der Waals surface area contributed by atoms with Crippen LogP contribution in [0.1, 0.15) is 13.3 Å². The molecular weight excluding hydrogens is 166 g/mol. The van der Waals surface area contributed by atoms with Crippen LogP contribution in [0, 0.1) is 0 Å². The number of nitrogens with two attached hydrogens (primary N) is 1. The number of nitrogens with one attached hydrogen (secondary N) is 3. The van der Waals surface area contributed by atoms with Crippen LogP contribution in [-0.2, 0) is 0 Å². The Labute approximate surface area is 79.0 Å². The first-order chi connectivity index (χ1) is 6.27. The van der Waals surface area contributed by atoms with E-state index in [0.29, 0.717) is 12.2 Å². The molecule has 0 aromatic heterocycles. The Kier molecular flexibility index (Phi) is 2.80. The second-order valence-corrected chi connectivity index (χ2v) is 3.91. The van der Waals surface area contributed by atoms with Crippen LogP contribution in [0.5, 0.6) is 0 Å². The van der Waals surface area contributed by atoms with E-state index in [1.165, 1.54) is 0 Å². The molecular formula is C8H19N5. The quantitative estimate of drug-likeness (QED) is 0.396. The zero-order valence-corrected chi connectivity index (χ0v) is 8.09. The van der Waals surface area contributed by atoms with Gasteiger partial charge in [0, 0.05) is 18.6 Å². The first kappa shape index (κ1) is 9.36. The molecule has 0 aromatic carbocycles. The molecule has 2 aliphatic heterocycles. The van der Waals surface area contributed by atoms with E-state index in [2.05, 4.69) is 28.0 Å². The van der Waals surface area contributed by atoms with Gasteiger partial charge in [0.15, 0.2) is 0 Å². The summed E-state index contributed by atoms with van der Waals surface area (Å²) in [6.45, 7) is 5.02. The van der Waals surface area contributed by atoms with E-state index >= 15 is 0 Å². The zero-order valence-electron chi connectivity index (χ0n) is 8.09. The first-order valence-corrected chi connectivity index (χ1v) is 5.00. The molecule has 5 nitrogen and oxygen atoms in total. The van der Waals surface area contributed by atoms with Crippen LogP contribution in [-0.4, -0.2) is 43.0 Å². The van der Waals surface area contributed by atoms with Crippen LogP contribution in [0.25, 0.3) is 0 Å². The molecule has 3 unspecified atom stereocenters. The van der Waals surface area contributed by atoms with Gasteiger partial charge in [-0.2, -0.15) is 0 Å². The van der Waals surface area contributed by atoms with Crippen molar-refractivity contribution in [2.45, 2.75) is 31.6 Å². The lowest BCUT2D eigenvalue weighted by molar-refractivity contribution is 0.118. The Hall–Kier alpha value is -0.200. The number of hydrogen-bond acceptors (Lipinski definition) is 5. The highest BCUT2D eigenvalue weighted by molar-refractivity contribution is 4.88. The van der Waals surface area contributed by atoms with E-state index in [-0.39, 0.29) is 6.04 Å². The molecule has 13 heavy (non-hydrogen) atoms. The van der Waals surface area contributed by atoms with Crippen molar-refractivity contribution in [3.63, 3.8) is 0 Å². The van der Waals surface area contributed by atoms with Gasteiger partial charge in [-0.25, -0.2) is 10.4 Å². The summed E-state index contributed by atoms with van der Waals surface area (Å²) in [6, 6.07) is 0.715. The fourth-order valence-corrected chi connectivity index (χ4v) is 2.04. The molecule has 2 saturated heterocycles. The monoisotopic (exact) mass is 185 g/mol. The summed E-state index contributed by atoms with van der Waals surface area (Å²) in [6.07, 6.45) is 1.50. The van der Waals surface area contributed by atoms with E-state index in [1.54, 1.807) is 0 Å². The highest BCUT2D eigenvalue weighted by Gasteiger charge is 2.30. The lowest BCUT2D eigenvalue weighted by Crippen LogP contribution is -2.59. The molecule has 2 heterocycles. The third-order valence-electron chi connectivity index (χ3n) is 2.82. The molecule has 0 amide bonds. The second kappa shape index (κ2) is 3.89. The lowest BCUT2D eigenvalue weighted by atomic mass is 10.0. The fraction of sp³-hybridized carbons (Fsp3) is 1.00. The van der Waals surface area contributed by atoms with Gasteiger partial charge in [0.05, 0.1) is 12.8 Å². The molecule has 5 heteroatoms. The van der Waals surface area contributed by atoms with Crippen LogP contribution < -0.4 is 21.8 Å². The number of hydrogen-bond donors (Lipinski definition) is 4. The van der Waals surface area contributed by atoms with Crippen molar-refractivity contribution >= 4 is 0 Å². The molecule has 5 N–H and O–H groups in total. The minimum atomic E-state index is 0.244. The van der Waals surface area contributed by atoms with E-state index in [1.807, 2.05) is 0 Å². The summed E-state index contributed by atoms with van der Waals surface area (Å²) >= 11 is 0. The molecule has 2 aliphatic rings. The molecule has 0 radical (unpaired) electrons. The summed E-state index contributed by atoms with van der Waals surface area (Å²) in [7, 11) is 0. The normalized spacial score (nSPS) is 42.5. The van der Waals surface area contributed by atoms with Crippen molar-refractivity contribution in [1.82, 2.24) is 21.1 Å². The highest BCUT2D eigenvalue weighted by Crippen LogP contribution is 2.10. The van der Waals surface area contributed by atoms with Crippen LogP contribution in [0.3, 0.4) is 0 Å². The summed E-state index contributed by atoms with van der Waals surface area (Å²) in [5.74, 6) is 0. The molecule has 76 valence electrons. The number of piperidine rings is 1. The summed E-state index contributed by atoms with van der Waals surface area (Å²) < 4.78 is 0. The van der Waals surface area contributed by atoms with Gasteiger partial charge in [-0.1, -0.05) is 0 Å². The summed E-state index contributed by atoms with van der Waals surface area (Å²) in [5, 5.41) is 8.86. The van der Waals surface area contributed by atoms with Crippen LogP contribution >= 0.6 is 0 Å². The van der Waals surface area contributed by atoms with Crippen molar-refractivity contribution < 1.29 is 0 Å². The molecule has 2 fully saturated rings. The average molecular weight is 185 g/mol. The van der Waals surface area contributed by atoms with Gasteiger partial charge in [0.1, 0.15) is 0 Å². The van der Waals surface area contributed by atoms with Gasteiger partial charge in [0.2, 0.25) is 0 Å². The van der Waals surface area contributed by atoms with Crippen molar-refractivity contribution in [3.8, 4) is 0 Å². The maximum atomic E-state index is 6.03. The van der Waals surface area contributed by atoms with Crippen molar-refractivity contribution in [3.05, 3.63) is 0 Å². The van der Waals surface area contributed by atoms with Gasteiger partial charge in [0.25, 0.3) is 0 Å². The molecule has 0 saturated carbocycles. The Morgan fingerprint density at radius 2 is 2.31 bits per heavy atom. The third-order valence-corrected chi connectivity index (χ3v) is 2.82. The minimum absolute atomic E-state index is 0.244. The maximum absolute atomic E-state index is 6.03. The van der Waals surface area contributed by atoms with Crippen LogP contribution in [0.2, 0.25) is 0 Å². The average Bonchev–Trinajstić information content (AvgIpc) is 2.53. The first-order valence-electron chi connectivity index (χ1n) is 5.00. The fourth-order valence-electron chi connectivity index (χ4n) is 2.04. The Balaban J connectivity index is 1.91. The number of rotatable bonds is 1. The van der Waals surface area contributed by atoms with Crippen LogP contribution in [0.4, 0.5) is 0 Å². The second-order valence-electron chi connectivity index (χ2n) is 3.91. The van der Waals surface area contributed by atoms with Gasteiger partial charge in [-0.3, -0.25) is 5.32 Å². The predicted molar refractivity (Wildman–Crippen MR) is 51.7 cm³/mol. The highest BCUT2D eigenvalue weighted by atomic mass is 15.6. The Bertz CT molecular complexity index is 174. The minimum Gasteiger partial charge on any atom is -0.325 e. The largest absolute Gasteiger partial charge is 0.325 e. The number of hydrazine groups is 1. The SMILES string of the molecule is CC1NCN(C2CCNCC2N)N1. The van der Waals surface area contributed by atoms with Gasteiger partial charge in [-0.05, 0) is 19.9 Å². The lowest BCUT2D eigenvalue weighted by Gasteiger charge is -2.35. The molecule has 0 aliphatic carbocycles. The van der Waals surface area contributed by atoms with Gasteiger partial charge in [-0.15, -0.1) is 0 Å². The predicted octanol–water partition coefficient (Wildman–Crippen LogP) is -1.61. The van der Waals surface area contributed by atoms with E-state index in [0.717, 1.165) is 26.2 Å². The van der Waals surface area contributed by atoms with Crippen molar-refractivity contribution in [2.75, 3.05) is 19.8 Å². The Morgan fingerprint density at radius 1 is 1.46 bits per heavy atom. The summed E-state index contributed by atoms with van der Waals surface area (Å²) in [5.41, 5.74) is 9.40. The standard InChI is InChI=1S/C8H19N5/c1-6-11-5-13(12-6)8-2-3-10-4-7(8)9/h6-8,10-12H,2-5,9H2,1H3. The van der Waals surface area contributed by atoms with Crippen molar-refractivity contribution in [1.29, 1.82) is 0 Å². The molecule has 0 bridgehead atoms.